The van der Waals surface area contributed by atoms with Crippen LogP contribution in [0, 0.1) is 5.92 Å². The summed E-state index contributed by atoms with van der Waals surface area (Å²) in [5.74, 6) is 0.668. The Balaban J connectivity index is 1.58. The van der Waals surface area contributed by atoms with E-state index in [0.29, 0.717) is 13.0 Å². The van der Waals surface area contributed by atoms with E-state index in [1.807, 2.05) is 48.6 Å². The summed E-state index contributed by atoms with van der Waals surface area (Å²) in [6.45, 7) is 0.320. The van der Waals surface area contributed by atoms with Crippen LogP contribution >= 0.6 is 11.6 Å². The van der Waals surface area contributed by atoms with Crippen LogP contribution in [0.3, 0.4) is 0 Å². The van der Waals surface area contributed by atoms with Gasteiger partial charge < -0.3 is 4.74 Å². The molecule has 0 saturated heterocycles. The maximum atomic E-state index is 11.6. The van der Waals surface area contributed by atoms with E-state index in [4.69, 9.17) is 16.3 Å². The molecule has 1 fully saturated rings. The lowest BCUT2D eigenvalue weighted by molar-refractivity contribution is -0.142. The molecule has 114 valence electrons. The van der Waals surface area contributed by atoms with Gasteiger partial charge >= 0.3 is 5.97 Å². The average molecular weight is 315 g/mol. The number of ether oxygens (including phenoxy) is 1. The number of esters is 1. The molecule has 0 bridgehead atoms. The molecule has 22 heavy (non-hydrogen) atoms. The topological polar surface area (TPSA) is 26.3 Å². The molecule has 3 heteroatoms. The van der Waals surface area contributed by atoms with Gasteiger partial charge in [0.1, 0.15) is 6.61 Å². The first-order valence-electron chi connectivity index (χ1n) is 7.73. The van der Waals surface area contributed by atoms with Crippen molar-refractivity contribution in [3.63, 3.8) is 0 Å². The van der Waals surface area contributed by atoms with Crippen molar-refractivity contribution in [3.8, 4) is 0 Å². The van der Waals surface area contributed by atoms with Crippen LogP contribution in [0.5, 0.6) is 0 Å². The second kappa shape index (κ2) is 6.97. The highest BCUT2D eigenvalue weighted by Gasteiger charge is 2.21. The van der Waals surface area contributed by atoms with E-state index in [1.165, 1.54) is 12.8 Å². The van der Waals surface area contributed by atoms with Gasteiger partial charge in [-0.1, -0.05) is 60.9 Å². The Morgan fingerprint density at radius 3 is 2.73 bits per heavy atom. The SMILES string of the molecule is O=C(CCC1CC1)OCC=Cc1ccc(Cl)c2ccccc12. The van der Waals surface area contributed by atoms with Crippen molar-refractivity contribution in [2.24, 2.45) is 5.92 Å². The third-order valence-corrected chi connectivity index (χ3v) is 4.33. The Morgan fingerprint density at radius 2 is 1.95 bits per heavy atom. The minimum absolute atomic E-state index is 0.0995. The Labute approximate surface area is 135 Å². The number of halogens is 1. The molecule has 0 N–H and O–H groups in total. The van der Waals surface area contributed by atoms with Crippen LogP contribution in [0.4, 0.5) is 0 Å². The molecule has 2 nitrogen and oxygen atoms in total. The molecule has 0 aliphatic heterocycles. The van der Waals surface area contributed by atoms with Crippen LogP contribution in [-0.2, 0) is 9.53 Å². The smallest absolute Gasteiger partial charge is 0.306 e. The molecule has 3 rings (SSSR count). The maximum absolute atomic E-state index is 11.6. The Kier molecular flexibility index (Phi) is 4.79. The highest BCUT2D eigenvalue weighted by Crippen LogP contribution is 2.33. The molecule has 1 saturated carbocycles. The summed E-state index contributed by atoms with van der Waals surface area (Å²) in [4.78, 5) is 11.6. The second-order valence-electron chi connectivity index (χ2n) is 5.75. The van der Waals surface area contributed by atoms with Crippen LogP contribution in [0.1, 0.15) is 31.2 Å². The fourth-order valence-electron chi connectivity index (χ4n) is 2.55. The van der Waals surface area contributed by atoms with E-state index in [9.17, 15) is 4.79 Å². The summed E-state index contributed by atoms with van der Waals surface area (Å²) in [7, 11) is 0. The average Bonchev–Trinajstić information content (AvgIpc) is 3.36. The summed E-state index contributed by atoms with van der Waals surface area (Å²) >= 11 is 6.20. The zero-order valence-electron chi connectivity index (χ0n) is 12.4. The van der Waals surface area contributed by atoms with Gasteiger partial charge in [-0.25, -0.2) is 0 Å². The van der Waals surface area contributed by atoms with Crippen LogP contribution < -0.4 is 0 Å². The van der Waals surface area contributed by atoms with Crippen molar-refractivity contribution < 1.29 is 9.53 Å². The second-order valence-corrected chi connectivity index (χ2v) is 6.16. The fourth-order valence-corrected chi connectivity index (χ4v) is 2.78. The predicted octanol–water partition coefficient (Wildman–Crippen LogP) is 5.24. The molecule has 1 aliphatic carbocycles. The summed E-state index contributed by atoms with van der Waals surface area (Å²) in [5, 5.41) is 2.89. The van der Waals surface area contributed by atoms with Crippen LogP contribution in [-0.4, -0.2) is 12.6 Å². The molecule has 0 amide bonds. The summed E-state index contributed by atoms with van der Waals surface area (Å²) in [5.41, 5.74) is 1.08. The molecule has 0 aromatic heterocycles. The third-order valence-electron chi connectivity index (χ3n) is 4.00. The van der Waals surface area contributed by atoms with Crippen molar-refractivity contribution in [2.75, 3.05) is 6.61 Å². The summed E-state index contributed by atoms with van der Waals surface area (Å²) in [6.07, 6.45) is 7.93. The maximum Gasteiger partial charge on any atom is 0.306 e. The largest absolute Gasteiger partial charge is 0.461 e. The normalized spacial score (nSPS) is 14.6. The molecular weight excluding hydrogens is 296 g/mol. The van der Waals surface area contributed by atoms with E-state index in [-0.39, 0.29) is 5.97 Å². The lowest BCUT2D eigenvalue weighted by Gasteiger charge is -2.04. The molecule has 0 unspecified atom stereocenters. The van der Waals surface area contributed by atoms with Gasteiger partial charge in [-0.3, -0.25) is 4.79 Å². The number of fused-ring (bicyclic) bond motifs is 1. The van der Waals surface area contributed by atoms with Crippen molar-refractivity contribution >= 4 is 34.4 Å². The van der Waals surface area contributed by atoms with Crippen molar-refractivity contribution in [2.45, 2.75) is 25.7 Å². The number of carbonyl (C=O) groups excluding carboxylic acids is 1. The van der Waals surface area contributed by atoms with E-state index in [0.717, 1.165) is 33.7 Å². The Hall–Kier alpha value is -1.80. The summed E-state index contributed by atoms with van der Waals surface area (Å²) in [6, 6.07) is 11.9. The van der Waals surface area contributed by atoms with Gasteiger partial charge in [0.2, 0.25) is 0 Å². The summed E-state index contributed by atoms with van der Waals surface area (Å²) < 4.78 is 5.23. The predicted molar refractivity (Wildman–Crippen MR) is 90.9 cm³/mol. The zero-order chi connectivity index (χ0) is 15.4. The van der Waals surface area contributed by atoms with E-state index >= 15 is 0 Å². The van der Waals surface area contributed by atoms with Crippen molar-refractivity contribution in [1.29, 1.82) is 0 Å². The van der Waals surface area contributed by atoms with Crippen LogP contribution in [0.15, 0.2) is 42.5 Å². The quantitative estimate of drug-likeness (QED) is 0.681. The van der Waals surface area contributed by atoms with E-state index in [2.05, 4.69) is 0 Å². The Morgan fingerprint density at radius 1 is 1.18 bits per heavy atom. The number of hydrogen-bond donors (Lipinski definition) is 0. The van der Waals surface area contributed by atoms with Crippen molar-refractivity contribution in [1.82, 2.24) is 0 Å². The van der Waals surface area contributed by atoms with Crippen molar-refractivity contribution in [3.05, 3.63) is 53.1 Å². The molecule has 0 heterocycles. The first kappa shape index (κ1) is 15.1. The standard InChI is InChI=1S/C19H19ClO2/c20-18-11-10-15(16-5-1-2-6-17(16)18)4-3-13-22-19(21)12-9-14-7-8-14/h1-6,10-11,14H,7-9,12-13H2. The molecule has 0 spiro atoms. The first-order chi connectivity index (χ1) is 10.7. The molecule has 0 radical (unpaired) electrons. The number of hydrogen-bond acceptors (Lipinski definition) is 2. The number of carbonyl (C=O) groups is 1. The minimum Gasteiger partial charge on any atom is -0.461 e. The van der Waals surface area contributed by atoms with E-state index in [1.54, 1.807) is 0 Å². The van der Waals surface area contributed by atoms with Gasteiger partial charge in [0.05, 0.1) is 0 Å². The highest BCUT2D eigenvalue weighted by atomic mass is 35.5. The minimum atomic E-state index is -0.0995. The molecule has 0 atom stereocenters. The van der Waals surface area contributed by atoms with E-state index < -0.39 is 0 Å². The molecule has 2 aromatic carbocycles. The molecular formula is C19H19ClO2. The van der Waals surface area contributed by atoms with Gasteiger partial charge in [0.15, 0.2) is 0 Å². The number of rotatable bonds is 6. The fraction of sp³-hybridized carbons (Fsp3) is 0.316. The van der Waals surface area contributed by atoms with Gasteiger partial charge in [-0.05, 0) is 35.4 Å². The van der Waals surface area contributed by atoms with Crippen LogP contribution in [0.2, 0.25) is 5.02 Å². The third kappa shape index (κ3) is 3.89. The number of benzene rings is 2. The van der Waals surface area contributed by atoms with Gasteiger partial charge in [0, 0.05) is 16.8 Å². The first-order valence-corrected chi connectivity index (χ1v) is 8.11. The lowest BCUT2D eigenvalue weighted by atomic mass is 10.0. The lowest BCUT2D eigenvalue weighted by Crippen LogP contribution is -2.04. The van der Waals surface area contributed by atoms with Gasteiger partial charge in [-0.2, -0.15) is 0 Å². The highest BCUT2D eigenvalue weighted by molar-refractivity contribution is 6.35. The van der Waals surface area contributed by atoms with Gasteiger partial charge in [-0.15, -0.1) is 0 Å². The van der Waals surface area contributed by atoms with Gasteiger partial charge in [0.25, 0.3) is 0 Å². The molecule has 1 aliphatic rings. The van der Waals surface area contributed by atoms with Crippen LogP contribution in [0.25, 0.3) is 16.8 Å². The zero-order valence-corrected chi connectivity index (χ0v) is 13.2. The monoisotopic (exact) mass is 314 g/mol. The Bertz CT molecular complexity index is 702. The molecule has 2 aromatic rings.